The molecule has 1 amide bonds. The lowest BCUT2D eigenvalue weighted by molar-refractivity contribution is -0.128. The summed E-state index contributed by atoms with van der Waals surface area (Å²) in [5.74, 6) is 0.114. The fourth-order valence-electron chi connectivity index (χ4n) is 3.18. The van der Waals surface area contributed by atoms with E-state index in [1.807, 2.05) is 60.7 Å². The molecule has 0 unspecified atom stereocenters. The smallest absolute Gasteiger partial charge is 0.223 e. The molecule has 0 aliphatic carbocycles. The maximum atomic E-state index is 12.1. The standard InChI is InChI=1S/C18H19NO2/c1-19-16(20)12-15(13-8-4-2-5-9-13)17(19)18(21)14-10-6-3-7-11-14/h2-11,15,17-18,21H,12H2,1H3/t15-,17-,18+/m1/s1. The number of aliphatic hydroxyl groups excluding tert-OH is 1. The van der Waals surface area contributed by atoms with Gasteiger partial charge >= 0.3 is 0 Å². The summed E-state index contributed by atoms with van der Waals surface area (Å²) in [7, 11) is 1.78. The first-order valence-corrected chi connectivity index (χ1v) is 7.22. The number of carbonyl (C=O) groups excluding carboxylic acids is 1. The number of hydrogen-bond acceptors (Lipinski definition) is 2. The number of hydrogen-bond donors (Lipinski definition) is 1. The molecule has 0 spiro atoms. The van der Waals surface area contributed by atoms with E-state index < -0.39 is 6.10 Å². The second-order valence-electron chi connectivity index (χ2n) is 5.57. The predicted octanol–water partition coefficient (Wildman–Crippen LogP) is 2.73. The van der Waals surface area contributed by atoms with Crippen LogP contribution in [0.2, 0.25) is 0 Å². The van der Waals surface area contributed by atoms with Gasteiger partial charge in [-0.1, -0.05) is 60.7 Å². The Bertz CT molecular complexity index is 612. The minimum atomic E-state index is -0.673. The molecule has 3 atom stereocenters. The second kappa shape index (κ2) is 5.70. The molecule has 2 aromatic rings. The molecule has 1 aliphatic rings. The van der Waals surface area contributed by atoms with E-state index in [0.29, 0.717) is 6.42 Å². The molecule has 1 fully saturated rings. The maximum Gasteiger partial charge on any atom is 0.223 e. The van der Waals surface area contributed by atoms with E-state index in [0.717, 1.165) is 11.1 Å². The fourth-order valence-corrected chi connectivity index (χ4v) is 3.18. The van der Waals surface area contributed by atoms with Gasteiger partial charge in [-0.3, -0.25) is 4.79 Å². The Morgan fingerprint density at radius 2 is 1.62 bits per heavy atom. The van der Waals surface area contributed by atoms with Gasteiger partial charge in [-0.05, 0) is 11.1 Å². The summed E-state index contributed by atoms with van der Waals surface area (Å²) in [5, 5.41) is 10.7. The molecule has 21 heavy (non-hydrogen) atoms. The molecule has 2 aromatic carbocycles. The van der Waals surface area contributed by atoms with Crippen LogP contribution in [0.25, 0.3) is 0 Å². The van der Waals surface area contributed by atoms with Crippen LogP contribution >= 0.6 is 0 Å². The summed E-state index contributed by atoms with van der Waals surface area (Å²) in [6.07, 6.45) is -0.220. The molecule has 3 nitrogen and oxygen atoms in total. The highest BCUT2D eigenvalue weighted by Gasteiger charge is 2.42. The van der Waals surface area contributed by atoms with Crippen molar-refractivity contribution in [2.45, 2.75) is 24.5 Å². The Hall–Kier alpha value is -2.13. The van der Waals surface area contributed by atoms with Crippen molar-refractivity contribution in [3.8, 4) is 0 Å². The van der Waals surface area contributed by atoms with Gasteiger partial charge in [-0.2, -0.15) is 0 Å². The Morgan fingerprint density at radius 1 is 1.05 bits per heavy atom. The average molecular weight is 281 g/mol. The van der Waals surface area contributed by atoms with Gasteiger partial charge in [0.15, 0.2) is 0 Å². The average Bonchev–Trinajstić information content (AvgIpc) is 2.84. The molecule has 1 N–H and O–H groups in total. The molecular weight excluding hydrogens is 262 g/mol. The largest absolute Gasteiger partial charge is 0.386 e. The molecule has 1 saturated heterocycles. The van der Waals surface area contributed by atoms with E-state index in [9.17, 15) is 9.90 Å². The van der Waals surface area contributed by atoms with Gasteiger partial charge in [0.25, 0.3) is 0 Å². The van der Waals surface area contributed by atoms with Crippen LogP contribution in [0.3, 0.4) is 0 Å². The fraction of sp³-hybridized carbons (Fsp3) is 0.278. The van der Waals surface area contributed by atoms with Gasteiger partial charge in [0.1, 0.15) is 0 Å². The van der Waals surface area contributed by atoms with E-state index in [1.54, 1.807) is 11.9 Å². The molecule has 0 radical (unpaired) electrons. The summed E-state index contributed by atoms with van der Waals surface area (Å²) in [6.45, 7) is 0. The van der Waals surface area contributed by atoms with Crippen LogP contribution in [-0.2, 0) is 4.79 Å². The normalized spacial score (nSPS) is 23.3. The van der Waals surface area contributed by atoms with E-state index >= 15 is 0 Å². The Balaban J connectivity index is 1.95. The van der Waals surface area contributed by atoms with E-state index in [1.165, 1.54) is 0 Å². The number of likely N-dealkylation sites (N-methyl/N-ethyl adjacent to an activating group) is 1. The number of rotatable bonds is 3. The minimum Gasteiger partial charge on any atom is -0.386 e. The maximum absolute atomic E-state index is 12.1. The monoisotopic (exact) mass is 281 g/mol. The predicted molar refractivity (Wildman–Crippen MR) is 81.8 cm³/mol. The SMILES string of the molecule is CN1C(=O)C[C@H](c2ccccc2)[C@@H]1[C@@H](O)c1ccccc1. The molecule has 0 bridgehead atoms. The van der Waals surface area contributed by atoms with Gasteiger partial charge in [0, 0.05) is 19.4 Å². The lowest BCUT2D eigenvalue weighted by atomic mass is 9.86. The van der Waals surface area contributed by atoms with Crippen LogP contribution in [0.1, 0.15) is 29.6 Å². The summed E-state index contributed by atoms with van der Waals surface area (Å²) < 4.78 is 0. The van der Waals surface area contributed by atoms with Crippen molar-refractivity contribution in [3.05, 3.63) is 71.8 Å². The number of amides is 1. The molecule has 1 aliphatic heterocycles. The van der Waals surface area contributed by atoms with Gasteiger partial charge in [0.05, 0.1) is 12.1 Å². The van der Waals surface area contributed by atoms with Gasteiger partial charge in [0.2, 0.25) is 5.91 Å². The van der Waals surface area contributed by atoms with Crippen molar-refractivity contribution in [2.75, 3.05) is 7.05 Å². The molecule has 0 saturated carbocycles. The summed E-state index contributed by atoms with van der Waals surface area (Å²) in [4.78, 5) is 13.8. The number of benzene rings is 2. The van der Waals surface area contributed by atoms with Crippen LogP contribution in [-0.4, -0.2) is 29.0 Å². The van der Waals surface area contributed by atoms with Crippen molar-refractivity contribution in [3.63, 3.8) is 0 Å². The minimum absolute atomic E-state index is 0.0268. The van der Waals surface area contributed by atoms with Crippen LogP contribution in [0.15, 0.2) is 60.7 Å². The first-order valence-electron chi connectivity index (χ1n) is 7.22. The number of carbonyl (C=O) groups is 1. The van der Waals surface area contributed by atoms with Crippen molar-refractivity contribution < 1.29 is 9.90 Å². The summed E-state index contributed by atoms with van der Waals surface area (Å²) in [5.41, 5.74) is 1.96. The zero-order valence-corrected chi connectivity index (χ0v) is 12.0. The highest BCUT2D eigenvalue weighted by atomic mass is 16.3. The number of nitrogens with zero attached hydrogens (tertiary/aromatic N) is 1. The highest BCUT2D eigenvalue weighted by Crippen LogP contribution is 2.39. The van der Waals surface area contributed by atoms with Crippen LogP contribution in [0.4, 0.5) is 0 Å². The molecule has 108 valence electrons. The summed E-state index contributed by atoms with van der Waals surface area (Å²) in [6, 6.07) is 19.3. The quantitative estimate of drug-likeness (QED) is 0.939. The van der Waals surface area contributed by atoms with Crippen LogP contribution in [0, 0.1) is 0 Å². The number of likely N-dealkylation sites (tertiary alicyclic amines) is 1. The third-order valence-electron chi connectivity index (χ3n) is 4.34. The van der Waals surface area contributed by atoms with Crippen LogP contribution < -0.4 is 0 Å². The topological polar surface area (TPSA) is 40.5 Å². The van der Waals surface area contributed by atoms with Gasteiger partial charge < -0.3 is 10.0 Å². The first kappa shape index (κ1) is 13.8. The summed E-state index contributed by atoms with van der Waals surface area (Å²) >= 11 is 0. The van der Waals surface area contributed by atoms with Gasteiger partial charge in [-0.15, -0.1) is 0 Å². The molecule has 1 heterocycles. The molecule has 3 heteroatoms. The number of aliphatic hydroxyl groups is 1. The van der Waals surface area contributed by atoms with Gasteiger partial charge in [-0.25, -0.2) is 0 Å². The Kier molecular flexibility index (Phi) is 3.76. The van der Waals surface area contributed by atoms with Crippen molar-refractivity contribution in [2.24, 2.45) is 0 Å². The second-order valence-corrected chi connectivity index (χ2v) is 5.57. The van der Waals surface area contributed by atoms with Crippen LogP contribution in [0.5, 0.6) is 0 Å². The van der Waals surface area contributed by atoms with E-state index in [2.05, 4.69) is 0 Å². The lowest BCUT2D eigenvalue weighted by Gasteiger charge is -2.30. The first-order chi connectivity index (χ1) is 10.2. The molecule has 0 aromatic heterocycles. The van der Waals surface area contributed by atoms with E-state index in [-0.39, 0.29) is 17.9 Å². The van der Waals surface area contributed by atoms with Crippen molar-refractivity contribution in [1.82, 2.24) is 4.90 Å². The zero-order chi connectivity index (χ0) is 14.8. The Morgan fingerprint density at radius 3 is 2.24 bits per heavy atom. The highest BCUT2D eigenvalue weighted by molar-refractivity contribution is 5.80. The van der Waals surface area contributed by atoms with Crippen molar-refractivity contribution in [1.29, 1.82) is 0 Å². The Labute approximate surface area is 124 Å². The molecular formula is C18H19NO2. The third kappa shape index (κ3) is 2.57. The van der Waals surface area contributed by atoms with E-state index in [4.69, 9.17) is 0 Å². The third-order valence-corrected chi connectivity index (χ3v) is 4.34. The zero-order valence-electron chi connectivity index (χ0n) is 12.0. The molecule has 3 rings (SSSR count). The lowest BCUT2D eigenvalue weighted by Crippen LogP contribution is -2.36. The van der Waals surface area contributed by atoms with Crippen molar-refractivity contribution >= 4 is 5.91 Å².